The van der Waals surface area contributed by atoms with Crippen LogP contribution in [-0.4, -0.2) is 0 Å². The van der Waals surface area contributed by atoms with Gasteiger partial charge in [0.15, 0.2) is 0 Å². The highest BCUT2D eigenvalue weighted by Gasteiger charge is 2.45. The summed E-state index contributed by atoms with van der Waals surface area (Å²) in [6.45, 7) is 23.3. The van der Waals surface area contributed by atoms with E-state index >= 15 is 0 Å². The Morgan fingerprint density at radius 3 is 1.47 bits per heavy atom. The summed E-state index contributed by atoms with van der Waals surface area (Å²) >= 11 is 0. The van der Waals surface area contributed by atoms with Gasteiger partial charge in [-0.2, -0.15) is 0 Å². The molecule has 34 heavy (non-hydrogen) atoms. The Morgan fingerprint density at radius 2 is 1.09 bits per heavy atom. The highest BCUT2D eigenvalue weighted by Crippen LogP contribution is 2.56. The predicted molar refractivity (Wildman–Crippen MR) is 149 cm³/mol. The second-order valence-corrected chi connectivity index (χ2v) is 13.2. The van der Waals surface area contributed by atoms with Gasteiger partial charge in [0.2, 0.25) is 0 Å². The molecule has 0 unspecified atom stereocenters. The van der Waals surface area contributed by atoms with E-state index in [4.69, 9.17) is 0 Å². The number of benzene rings is 3. The Hall–Kier alpha value is -2.34. The minimum absolute atomic E-state index is 0.0960. The fraction of sp³-hybridized carbons (Fsp3) is 0.471. The molecule has 0 aliphatic heterocycles. The fourth-order valence-corrected chi connectivity index (χ4v) is 5.61. The zero-order chi connectivity index (χ0) is 25.1. The molecule has 0 heterocycles. The van der Waals surface area contributed by atoms with Gasteiger partial charge in [-0.05, 0) is 82.4 Å². The molecule has 3 aromatic rings. The lowest BCUT2D eigenvalue weighted by Crippen LogP contribution is -2.29. The van der Waals surface area contributed by atoms with Crippen molar-refractivity contribution >= 4 is 0 Å². The molecule has 0 radical (unpaired) electrons. The summed E-state index contributed by atoms with van der Waals surface area (Å²) in [7, 11) is 0. The molecule has 0 spiro atoms. The molecular weight excluding hydrogens is 408 g/mol. The quantitative estimate of drug-likeness (QED) is 0.369. The van der Waals surface area contributed by atoms with Gasteiger partial charge in [0, 0.05) is 5.41 Å². The third-order valence-corrected chi connectivity index (χ3v) is 7.81. The Balaban J connectivity index is 2.14. The number of fused-ring (bicyclic) bond motifs is 3. The molecule has 180 valence electrons. The standard InChI is InChI=1S/C34H44/c1-22(2)15-16-34(27-20-25(32(5,6)7)19-26(21-27)33(8,9)10)30-17-23(3)11-13-28(30)29-14-12-24(4)18-31(29)34/h11-14,17-22H,15-16H2,1-10H3. The van der Waals surface area contributed by atoms with Gasteiger partial charge < -0.3 is 0 Å². The van der Waals surface area contributed by atoms with Crippen molar-refractivity contribution < 1.29 is 0 Å². The second kappa shape index (κ2) is 8.40. The summed E-state index contributed by atoms with van der Waals surface area (Å²) in [6.07, 6.45) is 2.33. The van der Waals surface area contributed by atoms with Crippen LogP contribution in [-0.2, 0) is 16.2 Å². The largest absolute Gasteiger partial charge is 0.0628 e. The zero-order valence-corrected chi connectivity index (χ0v) is 23.2. The van der Waals surface area contributed by atoms with Crippen molar-refractivity contribution in [3.8, 4) is 11.1 Å². The van der Waals surface area contributed by atoms with E-state index in [0.29, 0.717) is 5.92 Å². The van der Waals surface area contributed by atoms with Crippen molar-refractivity contribution in [1.29, 1.82) is 0 Å². The lowest BCUT2D eigenvalue weighted by atomic mass is 9.66. The Labute approximate surface area is 208 Å². The second-order valence-electron chi connectivity index (χ2n) is 13.2. The number of hydrogen-bond acceptors (Lipinski definition) is 0. The molecule has 3 aromatic carbocycles. The van der Waals surface area contributed by atoms with Crippen molar-refractivity contribution in [2.24, 2.45) is 5.92 Å². The maximum atomic E-state index is 2.54. The summed E-state index contributed by atoms with van der Waals surface area (Å²) in [5.74, 6) is 0.659. The smallest absolute Gasteiger partial charge is 0.0464 e. The molecule has 0 nitrogen and oxygen atoms in total. The highest BCUT2D eigenvalue weighted by atomic mass is 14.5. The summed E-state index contributed by atoms with van der Waals surface area (Å²) < 4.78 is 0. The van der Waals surface area contributed by atoms with Crippen LogP contribution in [0.4, 0.5) is 0 Å². The van der Waals surface area contributed by atoms with E-state index in [-0.39, 0.29) is 16.2 Å². The lowest BCUT2D eigenvalue weighted by molar-refractivity contribution is 0.466. The number of aryl methyl sites for hydroxylation is 2. The molecule has 4 rings (SSSR count). The molecule has 0 amide bonds. The van der Waals surface area contributed by atoms with Crippen molar-refractivity contribution in [2.45, 2.75) is 98.3 Å². The molecule has 0 saturated carbocycles. The van der Waals surface area contributed by atoms with Crippen LogP contribution in [0.25, 0.3) is 11.1 Å². The maximum absolute atomic E-state index is 2.54. The molecule has 1 aliphatic carbocycles. The van der Waals surface area contributed by atoms with Crippen LogP contribution in [0.5, 0.6) is 0 Å². The van der Waals surface area contributed by atoms with E-state index < -0.39 is 0 Å². The van der Waals surface area contributed by atoms with Crippen molar-refractivity contribution in [3.63, 3.8) is 0 Å². The minimum Gasteiger partial charge on any atom is -0.0628 e. The Kier molecular flexibility index (Phi) is 6.12. The average molecular weight is 453 g/mol. The third kappa shape index (κ3) is 4.26. The van der Waals surface area contributed by atoms with Crippen LogP contribution in [0.2, 0.25) is 0 Å². The highest BCUT2D eigenvalue weighted by molar-refractivity contribution is 5.84. The van der Waals surface area contributed by atoms with E-state index in [1.54, 1.807) is 0 Å². The first-order valence-electron chi connectivity index (χ1n) is 13.1. The monoisotopic (exact) mass is 452 g/mol. The molecule has 0 bridgehead atoms. The van der Waals surface area contributed by atoms with Gasteiger partial charge in [-0.3, -0.25) is 0 Å². The third-order valence-electron chi connectivity index (χ3n) is 7.81. The minimum atomic E-state index is -0.117. The summed E-state index contributed by atoms with van der Waals surface area (Å²) in [5, 5.41) is 0. The number of hydrogen-bond donors (Lipinski definition) is 0. The van der Waals surface area contributed by atoms with Crippen LogP contribution in [0.1, 0.15) is 107 Å². The van der Waals surface area contributed by atoms with Gasteiger partial charge in [0.1, 0.15) is 0 Å². The Bertz CT molecular complexity index is 1120. The first-order valence-corrected chi connectivity index (χ1v) is 13.1. The molecule has 0 saturated heterocycles. The van der Waals surface area contributed by atoms with E-state index in [9.17, 15) is 0 Å². The van der Waals surface area contributed by atoms with Gasteiger partial charge in [-0.1, -0.05) is 121 Å². The van der Waals surface area contributed by atoms with Gasteiger partial charge in [0.25, 0.3) is 0 Å². The van der Waals surface area contributed by atoms with Crippen LogP contribution in [0.15, 0.2) is 54.6 Å². The number of rotatable bonds is 4. The Morgan fingerprint density at radius 1 is 0.647 bits per heavy atom. The van der Waals surface area contributed by atoms with Crippen molar-refractivity contribution in [1.82, 2.24) is 0 Å². The summed E-state index contributed by atoms with van der Waals surface area (Å²) in [6, 6.07) is 21.8. The molecule has 0 atom stereocenters. The lowest BCUT2D eigenvalue weighted by Gasteiger charge is -2.37. The van der Waals surface area contributed by atoms with E-state index in [1.165, 1.54) is 56.5 Å². The van der Waals surface area contributed by atoms with Gasteiger partial charge in [-0.15, -0.1) is 0 Å². The van der Waals surface area contributed by atoms with Gasteiger partial charge in [0.05, 0.1) is 0 Å². The van der Waals surface area contributed by atoms with Crippen molar-refractivity contribution in [3.05, 3.63) is 93.5 Å². The van der Waals surface area contributed by atoms with Gasteiger partial charge >= 0.3 is 0 Å². The first kappa shape index (κ1) is 24.8. The summed E-state index contributed by atoms with van der Waals surface area (Å²) in [4.78, 5) is 0. The van der Waals surface area contributed by atoms with Crippen LogP contribution < -0.4 is 0 Å². The topological polar surface area (TPSA) is 0 Å². The van der Waals surface area contributed by atoms with Crippen LogP contribution in [0.3, 0.4) is 0 Å². The fourth-order valence-electron chi connectivity index (χ4n) is 5.61. The zero-order valence-electron chi connectivity index (χ0n) is 23.2. The average Bonchev–Trinajstić information content (AvgIpc) is 2.99. The SMILES string of the molecule is Cc1ccc2c(c1)C(CCC(C)C)(c1cc(C(C)(C)C)cc(C(C)(C)C)c1)c1cc(C)ccc1-2. The van der Waals surface area contributed by atoms with Crippen LogP contribution >= 0.6 is 0 Å². The summed E-state index contributed by atoms with van der Waals surface area (Å²) in [5.41, 5.74) is 13.0. The molecule has 0 aromatic heterocycles. The molecule has 1 aliphatic rings. The molecule has 0 fully saturated rings. The van der Waals surface area contributed by atoms with E-state index in [0.717, 1.165) is 6.42 Å². The van der Waals surface area contributed by atoms with Gasteiger partial charge in [-0.25, -0.2) is 0 Å². The van der Waals surface area contributed by atoms with E-state index in [2.05, 4.69) is 124 Å². The van der Waals surface area contributed by atoms with Crippen LogP contribution in [0, 0.1) is 19.8 Å². The maximum Gasteiger partial charge on any atom is 0.0464 e. The predicted octanol–water partition coefficient (Wildman–Crippen LogP) is 9.65. The molecular formula is C34H44. The molecule has 0 heteroatoms. The molecule has 0 N–H and O–H groups in total. The first-order chi connectivity index (χ1) is 15.7. The van der Waals surface area contributed by atoms with E-state index in [1.807, 2.05) is 0 Å². The van der Waals surface area contributed by atoms with Crippen molar-refractivity contribution in [2.75, 3.05) is 0 Å². The normalized spacial score (nSPS) is 14.9.